The summed E-state index contributed by atoms with van der Waals surface area (Å²) < 4.78 is 0. The zero-order valence-corrected chi connectivity index (χ0v) is 8.67. The zero-order chi connectivity index (χ0) is 12.7. The lowest BCUT2D eigenvalue weighted by Gasteiger charge is -2.19. The second kappa shape index (κ2) is 6.10. The van der Waals surface area contributed by atoms with Crippen LogP contribution >= 0.6 is 0 Å². The van der Waals surface area contributed by atoms with E-state index in [1.54, 1.807) is 0 Å². The molecule has 9 nitrogen and oxygen atoms in total. The van der Waals surface area contributed by atoms with Crippen molar-refractivity contribution in [3.8, 4) is 0 Å². The standard InChI is InChI=1S/C8H11N5O4/c14-2-9-6-1-13(12-5-17)8(11-4-16)7(6)10-3-15/h2-6H,1H2,(H,9,14)(H,10,15)(H,11,16)(H,12,17). The number of hydrogen-bond donors (Lipinski definition) is 4. The lowest BCUT2D eigenvalue weighted by Crippen LogP contribution is -2.42. The highest BCUT2D eigenvalue weighted by Gasteiger charge is 2.31. The summed E-state index contributed by atoms with van der Waals surface area (Å²) in [4.78, 5) is 41.6. The van der Waals surface area contributed by atoms with Gasteiger partial charge in [0.25, 0.3) is 0 Å². The number of rotatable bonds is 8. The van der Waals surface area contributed by atoms with Gasteiger partial charge in [0, 0.05) is 0 Å². The number of hydrazine groups is 1. The Bertz CT molecular complexity index is 324. The van der Waals surface area contributed by atoms with E-state index in [0.29, 0.717) is 25.6 Å². The predicted molar refractivity (Wildman–Crippen MR) is 54.3 cm³/mol. The van der Waals surface area contributed by atoms with Crippen LogP contribution in [-0.4, -0.2) is 43.2 Å². The highest BCUT2D eigenvalue weighted by atomic mass is 16.1. The van der Waals surface area contributed by atoms with Crippen LogP contribution in [0.5, 0.6) is 0 Å². The van der Waals surface area contributed by atoms with E-state index >= 15 is 0 Å². The average molecular weight is 241 g/mol. The summed E-state index contributed by atoms with van der Waals surface area (Å²) in [5.74, 6) is 0.193. The van der Waals surface area contributed by atoms with E-state index in [2.05, 4.69) is 21.4 Å². The molecule has 0 radical (unpaired) electrons. The highest BCUT2D eigenvalue weighted by Crippen LogP contribution is 2.16. The smallest absolute Gasteiger partial charge is 0.225 e. The number of nitrogens with one attached hydrogen (secondary N) is 4. The molecule has 0 aromatic carbocycles. The molecule has 0 aliphatic carbocycles. The summed E-state index contributed by atoms with van der Waals surface area (Å²) >= 11 is 0. The lowest BCUT2D eigenvalue weighted by molar-refractivity contribution is -0.114. The maximum absolute atomic E-state index is 10.4. The molecule has 4 N–H and O–H groups in total. The Morgan fingerprint density at radius 1 is 1.00 bits per heavy atom. The van der Waals surface area contributed by atoms with Crippen molar-refractivity contribution in [2.75, 3.05) is 6.54 Å². The van der Waals surface area contributed by atoms with E-state index in [9.17, 15) is 19.2 Å². The van der Waals surface area contributed by atoms with Crippen LogP contribution in [0.15, 0.2) is 11.5 Å². The molecule has 9 heteroatoms. The summed E-state index contributed by atoms with van der Waals surface area (Å²) in [6.45, 7) is 0.184. The minimum Gasteiger partial charge on any atom is -0.348 e. The van der Waals surface area contributed by atoms with E-state index in [0.717, 1.165) is 0 Å². The van der Waals surface area contributed by atoms with Gasteiger partial charge in [-0.15, -0.1) is 0 Å². The normalized spacial score (nSPS) is 18.4. The maximum atomic E-state index is 10.4. The average Bonchev–Trinajstić information content (AvgIpc) is 2.61. The molecule has 1 heterocycles. The van der Waals surface area contributed by atoms with Gasteiger partial charge in [-0.3, -0.25) is 29.6 Å². The molecule has 4 amide bonds. The van der Waals surface area contributed by atoms with Crippen molar-refractivity contribution in [2.45, 2.75) is 6.04 Å². The largest absolute Gasteiger partial charge is 0.348 e. The van der Waals surface area contributed by atoms with E-state index in [-0.39, 0.29) is 18.1 Å². The molecule has 0 aromatic rings. The number of carbonyl (C=O) groups is 4. The molecule has 1 unspecified atom stereocenters. The van der Waals surface area contributed by atoms with E-state index in [1.807, 2.05) is 0 Å². The summed E-state index contributed by atoms with van der Waals surface area (Å²) in [7, 11) is 0. The summed E-state index contributed by atoms with van der Waals surface area (Å²) in [5.41, 5.74) is 2.60. The van der Waals surface area contributed by atoms with Crippen molar-refractivity contribution < 1.29 is 19.2 Å². The fourth-order valence-electron chi connectivity index (χ4n) is 1.52. The Morgan fingerprint density at radius 3 is 2.24 bits per heavy atom. The van der Waals surface area contributed by atoms with Gasteiger partial charge in [-0.25, -0.2) is 0 Å². The Balaban J connectivity index is 2.98. The molecular formula is C8H11N5O4. The van der Waals surface area contributed by atoms with Crippen LogP contribution in [0.2, 0.25) is 0 Å². The monoisotopic (exact) mass is 241 g/mol. The summed E-state index contributed by atoms with van der Waals surface area (Å²) in [6.07, 6.45) is 1.67. The third-order valence-corrected chi connectivity index (χ3v) is 2.13. The third kappa shape index (κ3) is 2.71. The quantitative estimate of drug-likeness (QED) is 0.332. The molecule has 0 bridgehead atoms. The molecule has 1 atom stereocenters. The van der Waals surface area contributed by atoms with Gasteiger partial charge < -0.3 is 16.0 Å². The molecular weight excluding hydrogens is 230 g/mol. The minimum atomic E-state index is -0.535. The van der Waals surface area contributed by atoms with Crippen molar-refractivity contribution in [3.63, 3.8) is 0 Å². The van der Waals surface area contributed by atoms with Crippen LogP contribution in [0.3, 0.4) is 0 Å². The fourth-order valence-corrected chi connectivity index (χ4v) is 1.52. The first-order valence-corrected chi connectivity index (χ1v) is 4.60. The second-order valence-electron chi connectivity index (χ2n) is 2.98. The molecule has 17 heavy (non-hydrogen) atoms. The molecule has 0 fully saturated rings. The van der Waals surface area contributed by atoms with Gasteiger partial charge in [0.2, 0.25) is 25.6 Å². The van der Waals surface area contributed by atoms with Gasteiger partial charge in [0.15, 0.2) is 0 Å². The van der Waals surface area contributed by atoms with Gasteiger partial charge in [-0.05, 0) is 0 Å². The van der Waals surface area contributed by atoms with Crippen molar-refractivity contribution >= 4 is 25.6 Å². The Kier molecular flexibility index (Phi) is 4.48. The first-order chi connectivity index (χ1) is 8.28. The van der Waals surface area contributed by atoms with Gasteiger partial charge in [0.05, 0.1) is 18.3 Å². The zero-order valence-electron chi connectivity index (χ0n) is 8.67. The van der Waals surface area contributed by atoms with Crippen molar-refractivity contribution in [2.24, 2.45) is 0 Å². The first-order valence-electron chi connectivity index (χ1n) is 4.60. The second-order valence-corrected chi connectivity index (χ2v) is 2.98. The Labute approximate surface area is 96.2 Å². The van der Waals surface area contributed by atoms with Crippen LogP contribution in [-0.2, 0) is 19.2 Å². The van der Waals surface area contributed by atoms with Crippen LogP contribution in [0.1, 0.15) is 0 Å². The van der Waals surface area contributed by atoms with Crippen LogP contribution < -0.4 is 21.4 Å². The number of nitrogens with zero attached hydrogens (tertiary/aromatic N) is 1. The highest BCUT2D eigenvalue weighted by molar-refractivity contribution is 5.58. The van der Waals surface area contributed by atoms with Gasteiger partial charge >= 0.3 is 0 Å². The molecule has 0 aromatic heterocycles. The summed E-state index contributed by atoms with van der Waals surface area (Å²) in [6, 6.07) is -0.535. The third-order valence-electron chi connectivity index (χ3n) is 2.13. The van der Waals surface area contributed by atoms with Crippen molar-refractivity contribution in [1.82, 2.24) is 26.4 Å². The topological polar surface area (TPSA) is 120 Å². The van der Waals surface area contributed by atoms with Crippen LogP contribution in [0.4, 0.5) is 0 Å². The van der Waals surface area contributed by atoms with E-state index in [4.69, 9.17) is 0 Å². The van der Waals surface area contributed by atoms with Crippen molar-refractivity contribution in [1.29, 1.82) is 0 Å². The van der Waals surface area contributed by atoms with Gasteiger partial charge in [-0.2, -0.15) is 0 Å². The summed E-state index contributed by atoms with van der Waals surface area (Å²) in [5, 5.41) is 8.42. The Hall–Kier alpha value is -2.58. The molecule has 1 rings (SSSR count). The van der Waals surface area contributed by atoms with Gasteiger partial charge in [-0.1, -0.05) is 0 Å². The molecule has 1 aliphatic heterocycles. The van der Waals surface area contributed by atoms with Gasteiger partial charge in [0.1, 0.15) is 5.82 Å². The molecule has 0 saturated carbocycles. The van der Waals surface area contributed by atoms with Crippen molar-refractivity contribution in [3.05, 3.63) is 11.5 Å². The lowest BCUT2D eigenvalue weighted by atomic mass is 10.2. The van der Waals surface area contributed by atoms with E-state index < -0.39 is 6.04 Å². The molecule has 0 saturated heterocycles. The Morgan fingerprint density at radius 2 is 1.71 bits per heavy atom. The maximum Gasteiger partial charge on any atom is 0.225 e. The van der Waals surface area contributed by atoms with E-state index in [1.165, 1.54) is 5.01 Å². The predicted octanol–water partition coefficient (Wildman–Crippen LogP) is -3.26. The molecule has 92 valence electrons. The number of amides is 4. The van der Waals surface area contributed by atoms with Crippen LogP contribution in [0, 0.1) is 0 Å². The molecule has 0 spiro atoms. The number of carbonyl (C=O) groups excluding carboxylic acids is 4. The molecule has 1 aliphatic rings. The minimum absolute atomic E-state index is 0.184. The number of hydrogen-bond acceptors (Lipinski definition) is 5. The van der Waals surface area contributed by atoms with Crippen LogP contribution in [0.25, 0.3) is 0 Å². The first kappa shape index (κ1) is 12.5. The SMILES string of the molecule is O=CNC1=C(NC=O)N(NC=O)CC1NC=O. The fraction of sp³-hybridized carbons (Fsp3) is 0.250.